The highest BCUT2D eigenvalue weighted by Gasteiger charge is 2.46. The van der Waals surface area contributed by atoms with Crippen LogP contribution in [0.5, 0.6) is 0 Å². The van der Waals surface area contributed by atoms with E-state index in [4.69, 9.17) is 0 Å². The monoisotopic (exact) mass is 167 g/mol. The standard InChI is InChI=1S/C11H21N/c1-8-4-5-9(6-8)12-10-7-11(10,2)3/h8-10,12H,4-7H2,1-3H3. The summed E-state index contributed by atoms with van der Waals surface area (Å²) in [6, 6.07) is 1.67. The molecule has 0 radical (unpaired) electrons. The normalized spacial score (nSPS) is 44.8. The Morgan fingerprint density at radius 1 is 1.25 bits per heavy atom. The van der Waals surface area contributed by atoms with Crippen molar-refractivity contribution in [2.75, 3.05) is 0 Å². The van der Waals surface area contributed by atoms with E-state index >= 15 is 0 Å². The molecule has 2 aliphatic carbocycles. The molecule has 2 rings (SSSR count). The Kier molecular flexibility index (Phi) is 1.95. The predicted molar refractivity (Wildman–Crippen MR) is 52.1 cm³/mol. The highest BCUT2D eigenvalue weighted by molar-refractivity contribution is 5.03. The van der Waals surface area contributed by atoms with E-state index in [1.807, 2.05) is 0 Å². The quantitative estimate of drug-likeness (QED) is 0.666. The van der Waals surface area contributed by atoms with Gasteiger partial charge in [0.05, 0.1) is 0 Å². The van der Waals surface area contributed by atoms with Crippen LogP contribution in [0.25, 0.3) is 0 Å². The van der Waals surface area contributed by atoms with Crippen LogP contribution >= 0.6 is 0 Å². The molecule has 2 aliphatic rings. The van der Waals surface area contributed by atoms with E-state index < -0.39 is 0 Å². The average molecular weight is 167 g/mol. The molecular formula is C11H21N. The van der Waals surface area contributed by atoms with Crippen LogP contribution in [-0.4, -0.2) is 12.1 Å². The summed E-state index contributed by atoms with van der Waals surface area (Å²) in [4.78, 5) is 0. The van der Waals surface area contributed by atoms with Gasteiger partial charge >= 0.3 is 0 Å². The summed E-state index contributed by atoms with van der Waals surface area (Å²) in [5, 5.41) is 3.77. The minimum absolute atomic E-state index is 0.603. The molecule has 0 aromatic rings. The summed E-state index contributed by atoms with van der Waals surface area (Å²) >= 11 is 0. The molecule has 12 heavy (non-hydrogen) atoms. The summed E-state index contributed by atoms with van der Waals surface area (Å²) in [7, 11) is 0. The predicted octanol–water partition coefficient (Wildman–Crippen LogP) is 2.56. The fourth-order valence-corrected chi connectivity index (χ4v) is 2.39. The van der Waals surface area contributed by atoms with E-state index in [-0.39, 0.29) is 0 Å². The van der Waals surface area contributed by atoms with Gasteiger partial charge in [0.2, 0.25) is 0 Å². The first-order valence-corrected chi connectivity index (χ1v) is 5.34. The number of hydrogen-bond donors (Lipinski definition) is 1. The molecule has 0 saturated heterocycles. The zero-order valence-electron chi connectivity index (χ0n) is 8.56. The van der Waals surface area contributed by atoms with Crippen molar-refractivity contribution < 1.29 is 0 Å². The minimum Gasteiger partial charge on any atom is -0.311 e. The lowest BCUT2D eigenvalue weighted by Gasteiger charge is -2.13. The smallest absolute Gasteiger partial charge is 0.0127 e. The molecule has 0 heterocycles. The van der Waals surface area contributed by atoms with Crippen LogP contribution in [0, 0.1) is 11.3 Å². The summed E-state index contributed by atoms with van der Waals surface area (Å²) in [6.45, 7) is 7.10. The lowest BCUT2D eigenvalue weighted by molar-refractivity contribution is 0.454. The molecule has 3 atom stereocenters. The maximum atomic E-state index is 3.77. The lowest BCUT2D eigenvalue weighted by atomic mass is 10.1. The van der Waals surface area contributed by atoms with Gasteiger partial charge in [0.1, 0.15) is 0 Å². The summed E-state index contributed by atoms with van der Waals surface area (Å²) < 4.78 is 0. The Morgan fingerprint density at radius 3 is 2.33 bits per heavy atom. The van der Waals surface area contributed by atoms with Gasteiger partial charge < -0.3 is 5.32 Å². The van der Waals surface area contributed by atoms with Crippen molar-refractivity contribution in [2.24, 2.45) is 11.3 Å². The molecular weight excluding hydrogens is 146 g/mol. The zero-order valence-corrected chi connectivity index (χ0v) is 8.56. The topological polar surface area (TPSA) is 12.0 Å². The molecule has 70 valence electrons. The van der Waals surface area contributed by atoms with Crippen LogP contribution in [0.3, 0.4) is 0 Å². The van der Waals surface area contributed by atoms with Crippen molar-refractivity contribution in [3.63, 3.8) is 0 Å². The largest absolute Gasteiger partial charge is 0.311 e. The first-order valence-electron chi connectivity index (χ1n) is 5.34. The number of nitrogens with one attached hydrogen (secondary N) is 1. The van der Waals surface area contributed by atoms with Crippen molar-refractivity contribution in [1.82, 2.24) is 5.32 Å². The van der Waals surface area contributed by atoms with Gasteiger partial charge in [-0.1, -0.05) is 20.8 Å². The molecule has 0 aliphatic heterocycles. The van der Waals surface area contributed by atoms with Crippen LogP contribution in [0.2, 0.25) is 0 Å². The van der Waals surface area contributed by atoms with Gasteiger partial charge in [-0.25, -0.2) is 0 Å². The van der Waals surface area contributed by atoms with Crippen molar-refractivity contribution in [3.8, 4) is 0 Å². The first kappa shape index (κ1) is 8.55. The molecule has 1 nitrogen and oxygen atoms in total. The average Bonchev–Trinajstić information content (AvgIpc) is 2.41. The first-order chi connectivity index (χ1) is 5.58. The Hall–Kier alpha value is -0.0400. The molecule has 0 spiro atoms. The van der Waals surface area contributed by atoms with E-state index in [9.17, 15) is 0 Å². The van der Waals surface area contributed by atoms with E-state index in [0.717, 1.165) is 18.0 Å². The fourth-order valence-electron chi connectivity index (χ4n) is 2.39. The summed E-state index contributed by atoms with van der Waals surface area (Å²) in [5.41, 5.74) is 0.603. The van der Waals surface area contributed by atoms with E-state index in [1.54, 1.807) is 0 Å². The Morgan fingerprint density at radius 2 is 1.92 bits per heavy atom. The van der Waals surface area contributed by atoms with Crippen LogP contribution in [0.15, 0.2) is 0 Å². The third-order valence-corrected chi connectivity index (χ3v) is 3.65. The Bertz CT molecular complexity index is 174. The van der Waals surface area contributed by atoms with Gasteiger partial charge in [0.25, 0.3) is 0 Å². The third-order valence-electron chi connectivity index (χ3n) is 3.65. The van der Waals surface area contributed by atoms with Crippen LogP contribution in [0.4, 0.5) is 0 Å². The second-order valence-corrected chi connectivity index (χ2v) is 5.53. The summed E-state index contributed by atoms with van der Waals surface area (Å²) in [5.74, 6) is 0.962. The molecule has 0 aromatic carbocycles. The second kappa shape index (κ2) is 2.73. The molecule has 0 amide bonds. The van der Waals surface area contributed by atoms with Crippen molar-refractivity contribution in [2.45, 2.75) is 58.5 Å². The SMILES string of the molecule is CC1CCC(NC2CC2(C)C)C1. The van der Waals surface area contributed by atoms with Gasteiger partial charge in [0, 0.05) is 12.1 Å². The maximum absolute atomic E-state index is 3.77. The highest BCUT2D eigenvalue weighted by Crippen LogP contribution is 2.45. The molecule has 2 saturated carbocycles. The van der Waals surface area contributed by atoms with Gasteiger partial charge in [0.15, 0.2) is 0 Å². The highest BCUT2D eigenvalue weighted by atomic mass is 15.0. The Labute approximate surface area is 75.9 Å². The van der Waals surface area contributed by atoms with Crippen molar-refractivity contribution in [3.05, 3.63) is 0 Å². The molecule has 2 fully saturated rings. The van der Waals surface area contributed by atoms with E-state index in [1.165, 1.54) is 25.7 Å². The van der Waals surface area contributed by atoms with Gasteiger partial charge in [-0.3, -0.25) is 0 Å². The number of hydrogen-bond acceptors (Lipinski definition) is 1. The van der Waals surface area contributed by atoms with Crippen LogP contribution in [0.1, 0.15) is 46.5 Å². The van der Waals surface area contributed by atoms with Gasteiger partial charge in [-0.05, 0) is 37.0 Å². The van der Waals surface area contributed by atoms with E-state index in [0.29, 0.717) is 5.41 Å². The van der Waals surface area contributed by atoms with Crippen molar-refractivity contribution >= 4 is 0 Å². The van der Waals surface area contributed by atoms with Crippen molar-refractivity contribution in [1.29, 1.82) is 0 Å². The maximum Gasteiger partial charge on any atom is 0.0127 e. The second-order valence-electron chi connectivity index (χ2n) is 5.53. The number of rotatable bonds is 2. The van der Waals surface area contributed by atoms with Crippen LogP contribution < -0.4 is 5.32 Å². The van der Waals surface area contributed by atoms with E-state index in [2.05, 4.69) is 26.1 Å². The van der Waals surface area contributed by atoms with Crippen LogP contribution in [-0.2, 0) is 0 Å². The molecule has 1 heteroatoms. The van der Waals surface area contributed by atoms with Gasteiger partial charge in [-0.15, -0.1) is 0 Å². The molecule has 1 N–H and O–H groups in total. The molecule has 0 aromatic heterocycles. The minimum atomic E-state index is 0.603. The lowest BCUT2D eigenvalue weighted by Crippen LogP contribution is -2.30. The third kappa shape index (κ3) is 1.66. The molecule has 0 bridgehead atoms. The zero-order chi connectivity index (χ0) is 8.77. The molecule has 3 unspecified atom stereocenters. The van der Waals surface area contributed by atoms with Gasteiger partial charge in [-0.2, -0.15) is 0 Å². The Balaban J connectivity index is 1.75. The fraction of sp³-hybridized carbons (Fsp3) is 1.00. The summed E-state index contributed by atoms with van der Waals surface area (Å²) in [6.07, 6.45) is 5.64.